The van der Waals surface area contributed by atoms with Crippen LogP contribution in [0.25, 0.3) is 0 Å². The van der Waals surface area contributed by atoms with Gasteiger partial charge in [-0.2, -0.15) is 0 Å². The average molecular weight is 194 g/mol. The molecule has 2 unspecified atom stereocenters. The molecule has 3 heteroatoms. The quantitative estimate of drug-likeness (QED) is 0.635. The number of alkyl halides is 1. The lowest BCUT2D eigenvalue weighted by atomic mass is 10.2. The summed E-state index contributed by atoms with van der Waals surface area (Å²) in [5.41, 5.74) is 0. The molecule has 9 heavy (non-hydrogen) atoms. The Hall–Kier alpha value is -0.0500. The molecule has 2 nitrogen and oxygen atoms in total. The molecule has 0 aromatic heterocycles. The van der Waals surface area contributed by atoms with Gasteiger partial charge in [0.15, 0.2) is 0 Å². The van der Waals surface area contributed by atoms with Crippen molar-refractivity contribution in [2.45, 2.75) is 31.2 Å². The predicted molar refractivity (Wildman–Crippen MR) is 39.2 cm³/mol. The minimum absolute atomic E-state index is 0.0307. The van der Waals surface area contributed by atoms with Gasteiger partial charge in [0.2, 0.25) is 0 Å². The number of rotatable bonds is 4. The Balaban J connectivity index is 3.25. The van der Waals surface area contributed by atoms with Crippen molar-refractivity contribution in [3.8, 4) is 0 Å². The highest BCUT2D eigenvalue weighted by Crippen LogP contribution is 2.08. The van der Waals surface area contributed by atoms with Crippen LogP contribution in [0.5, 0.6) is 0 Å². The number of halogens is 1. The number of hydrogen-bond acceptors (Lipinski definition) is 2. The molecule has 0 fully saturated rings. The summed E-state index contributed by atoms with van der Waals surface area (Å²) in [6.45, 7) is 5.24. The maximum absolute atomic E-state index is 9.63. The summed E-state index contributed by atoms with van der Waals surface area (Å²) in [6.07, 6.45) is 0.798. The van der Waals surface area contributed by atoms with Gasteiger partial charge in [0.25, 0.3) is 0 Å². The van der Waals surface area contributed by atoms with Crippen molar-refractivity contribution < 1.29 is 9.53 Å². The van der Waals surface area contributed by atoms with Crippen LogP contribution < -0.4 is 0 Å². The van der Waals surface area contributed by atoms with Crippen molar-refractivity contribution in [1.82, 2.24) is 0 Å². The van der Waals surface area contributed by atoms with E-state index >= 15 is 0 Å². The van der Waals surface area contributed by atoms with Crippen LogP contribution in [0.2, 0.25) is 0 Å². The fraction of sp³-hybridized carbons (Fsp3) is 0.833. The van der Waals surface area contributed by atoms with Crippen molar-refractivity contribution in [1.29, 1.82) is 0 Å². The monoisotopic (exact) mass is 193 g/mol. The molecule has 0 bridgehead atoms. The van der Waals surface area contributed by atoms with E-state index in [1.54, 1.807) is 0 Å². The highest BCUT2D eigenvalue weighted by atomic mass is 79.9. The second-order valence-electron chi connectivity index (χ2n) is 2.03. The molecule has 0 aliphatic carbocycles. The smallest absolute Gasteiger partial charge is 0.417 e. The molecule has 0 aromatic carbocycles. The average Bonchev–Trinajstić information content (AvgIpc) is 1.63. The van der Waals surface area contributed by atoms with Crippen molar-refractivity contribution in [2.75, 3.05) is 0 Å². The van der Waals surface area contributed by atoms with E-state index in [9.17, 15) is 4.79 Å². The molecular formula is C6H10BrO2. The van der Waals surface area contributed by atoms with E-state index in [0.29, 0.717) is 4.83 Å². The van der Waals surface area contributed by atoms with Gasteiger partial charge in [-0.05, 0) is 13.3 Å². The topological polar surface area (TPSA) is 26.3 Å². The minimum Gasteiger partial charge on any atom is -0.454 e. The Bertz CT molecular complexity index is 83.1. The fourth-order valence-corrected chi connectivity index (χ4v) is 1.11. The van der Waals surface area contributed by atoms with Crippen LogP contribution >= 0.6 is 15.9 Å². The maximum atomic E-state index is 9.63. The molecule has 0 N–H and O–H groups in total. The first kappa shape index (κ1) is 8.95. The van der Waals surface area contributed by atoms with Gasteiger partial charge in [-0.25, -0.2) is 4.79 Å². The second kappa shape index (κ2) is 4.79. The van der Waals surface area contributed by atoms with E-state index in [0.717, 1.165) is 6.42 Å². The summed E-state index contributed by atoms with van der Waals surface area (Å²) < 4.78 is 4.52. The van der Waals surface area contributed by atoms with Crippen molar-refractivity contribution in [3.63, 3.8) is 0 Å². The molecule has 53 valence electrons. The van der Waals surface area contributed by atoms with E-state index < -0.39 is 0 Å². The van der Waals surface area contributed by atoms with Gasteiger partial charge in [0.05, 0.1) is 0 Å². The Morgan fingerprint density at radius 1 is 1.67 bits per heavy atom. The van der Waals surface area contributed by atoms with Crippen LogP contribution in [0.1, 0.15) is 20.3 Å². The third-order valence-corrected chi connectivity index (χ3v) is 1.28. The van der Waals surface area contributed by atoms with Crippen LogP contribution in [-0.4, -0.2) is 17.4 Å². The summed E-state index contributed by atoms with van der Waals surface area (Å²) in [5, 5.41) is 0. The van der Waals surface area contributed by atoms with Gasteiger partial charge < -0.3 is 4.74 Å². The molecule has 0 heterocycles. The number of carbonyl (C=O) groups excluding carboxylic acids is 1. The van der Waals surface area contributed by atoms with E-state index in [-0.39, 0.29) is 6.10 Å². The highest BCUT2D eigenvalue weighted by molar-refractivity contribution is 9.09. The van der Waals surface area contributed by atoms with Crippen LogP contribution in [0, 0.1) is 0 Å². The number of ether oxygens (including phenoxy) is 1. The Kier molecular flexibility index (Phi) is 4.77. The van der Waals surface area contributed by atoms with Crippen molar-refractivity contribution in [2.24, 2.45) is 0 Å². The van der Waals surface area contributed by atoms with E-state index in [1.165, 1.54) is 6.47 Å². The maximum Gasteiger partial charge on any atom is 0.417 e. The second-order valence-corrected chi connectivity index (χ2v) is 3.59. The SMILES string of the molecule is CC(Br)CC(C)O[C]=O. The Labute approximate surface area is 63.7 Å². The first-order valence-electron chi connectivity index (χ1n) is 2.83. The molecule has 0 amide bonds. The predicted octanol–water partition coefficient (Wildman–Crippen LogP) is 1.63. The fourth-order valence-electron chi connectivity index (χ4n) is 0.588. The zero-order chi connectivity index (χ0) is 7.28. The molecule has 0 saturated heterocycles. The summed E-state index contributed by atoms with van der Waals surface area (Å²) in [4.78, 5) is 10.0. The summed E-state index contributed by atoms with van der Waals surface area (Å²) in [5.74, 6) is 0. The largest absolute Gasteiger partial charge is 0.454 e. The standard InChI is InChI=1S/C6H10BrO2/c1-5(7)3-6(2)9-4-8/h5-6H,3H2,1-2H3. The van der Waals surface area contributed by atoms with Crippen LogP contribution in [0.4, 0.5) is 0 Å². The van der Waals surface area contributed by atoms with Gasteiger partial charge in [0, 0.05) is 4.83 Å². The lowest BCUT2D eigenvalue weighted by Crippen LogP contribution is -2.10. The molecule has 0 saturated carbocycles. The van der Waals surface area contributed by atoms with Crippen LogP contribution in [0.15, 0.2) is 0 Å². The van der Waals surface area contributed by atoms with Crippen molar-refractivity contribution in [3.05, 3.63) is 0 Å². The zero-order valence-corrected chi connectivity index (χ0v) is 7.14. The lowest BCUT2D eigenvalue weighted by Gasteiger charge is -2.08. The third kappa shape index (κ3) is 5.83. The first-order valence-corrected chi connectivity index (χ1v) is 3.75. The molecule has 0 aromatic rings. The van der Waals surface area contributed by atoms with Crippen LogP contribution in [-0.2, 0) is 9.53 Å². The molecule has 0 aliphatic rings. The summed E-state index contributed by atoms with van der Waals surface area (Å²) >= 11 is 3.34. The lowest BCUT2D eigenvalue weighted by molar-refractivity contribution is 0.186. The van der Waals surface area contributed by atoms with Crippen LogP contribution in [0.3, 0.4) is 0 Å². The molecular weight excluding hydrogens is 184 g/mol. The Morgan fingerprint density at radius 3 is 2.56 bits per heavy atom. The normalized spacial score (nSPS) is 16.3. The van der Waals surface area contributed by atoms with E-state index in [2.05, 4.69) is 20.7 Å². The molecule has 1 radical (unpaired) electrons. The molecule has 2 atom stereocenters. The van der Waals surface area contributed by atoms with E-state index in [4.69, 9.17) is 0 Å². The van der Waals surface area contributed by atoms with Gasteiger partial charge in [-0.3, -0.25) is 0 Å². The number of hydrogen-bond donors (Lipinski definition) is 0. The van der Waals surface area contributed by atoms with Gasteiger partial charge in [-0.15, -0.1) is 0 Å². The zero-order valence-electron chi connectivity index (χ0n) is 5.56. The molecule has 0 rings (SSSR count). The summed E-state index contributed by atoms with van der Waals surface area (Å²) in [6, 6.07) is 0. The van der Waals surface area contributed by atoms with Gasteiger partial charge >= 0.3 is 6.47 Å². The molecule has 0 aliphatic heterocycles. The molecule has 0 spiro atoms. The highest BCUT2D eigenvalue weighted by Gasteiger charge is 2.04. The Morgan fingerprint density at radius 2 is 2.22 bits per heavy atom. The van der Waals surface area contributed by atoms with Crippen molar-refractivity contribution >= 4 is 22.4 Å². The third-order valence-electron chi connectivity index (χ3n) is 0.906. The van der Waals surface area contributed by atoms with E-state index in [1.807, 2.05) is 13.8 Å². The summed E-state index contributed by atoms with van der Waals surface area (Å²) in [7, 11) is 0. The van der Waals surface area contributed by atoms with Gasteiger partial charge in [0.1, 0.15) is 6.10 Å². The first-order chi connectivity index (χ1) is 4.16. The van der Waals surface area contributed by atoms with Gasteiger partial charge in [-0.1, -0.05) is 22.9 Å². The minimum atomic E-state index is -0.0307.